The van der Waals surface area contributed by atoms with Gasteiger partial charge in [0.15, 0.2) is 0 Å². The van der Waals surface area contributed by atoms with E-state index in [2.05, 4.69) is 5.32 Å². The van der Waals surface area contributed by atoms with Crippen LogP contribution in [0, 0.1) is 0 Å². The highest BCUT2D eigenvalue weighted by Gasteiger charge is 2.13. The van der Waals surface area contributed by atoms with E-state index < -0.39 is 5.97 Å². The van der Waals surface area contributed by atoms with E-state index >= 15 is 0 Å². The van der Waals surface area contributed by atoms with Crippen LogP contribution in [-0.2, 0) is 6.42 Å². The largest absolute Gasteiger partial charge is 0.478 e. The summed E-state index contributed by atoms with van der Waals surface area (Å²) in [6.45, 7) is 0.622. The maximum absolute atomic E-state index is 11.1. The minimum atomic E-state index is -1.03. The number of nitrogens with one attached hydrogen (secondary N) is 1. The molecule has 6 heteroatoms. The maximum atomic E-state index is 11.1. The van der Waals surface area contributed by atoms with Crippen LogP contribution in [0.25, 0.3) is 0 Å². The van der Waals surface area contributed by atoms with Crippen molar-refractivity contribution >= 4 is 46.2 Å². The number of hydrogen-bond acceptors (Lipinski definition) is 3. The summed E-state index contributed by atoms with van der Waals surface area (Å²) in [6.07, 6.45) is 0.781. The highest BCUT2D eigenvalue weighted by atomic mass is 35.5. The average Bonchev–Trinajstić information content (AvgIpc) is 2.74. The smallest absolute Gasteiger partial charge is 0.339 e. The number of anilines is 1. The van der Waals surface area contributed by atoms with E-state index in [-0.39, 0.29) is 10.6 Å². The lowest BCUT2D eigenvalue weighted by Gasteiger charge is -2.10. The van der Waals surface area contributed by atoms with Crippen molar-refractivity contribution in [2.45, 2.75) is 6.42 Å². The van der Waals surface area contributed by atoms with Gasteiger partial charge in [0, 0.05) is 11.4 Å². The van der Waals surface area contributed by atoms with Crippen LogP contribution in [-0.4, -0.2) is 17.6 Å². The number of benzene rings is 1. The van der Waals surface area contributed by atoms with E-state index in [1.807, 2.05) is 12.1 Å². The van der Waals surface area contributed by atoms with Crippen molar-refractivity contribution in [2.75, 3.05) is 11.9 Å². The number of carboxylic acid groups (broad SMARTS) is 1. The zero-order valence-electron chi connectivity index (χ0n) is 9.82. The summed E-state index contributed by atoms with van der Waals surface area (Å²) in [5.41, 5.74) is 0.635. The first-order chi connectivity index (χ1) is 9.08. The molecule has 2 rings (SSSR count). The Morgan fingerprint density at radius 3 is 2.68 bits per heavy atom. The first-order valence-electron chi connectivity index (χ1n) is 5.58. The molecular weight excluding hydrogens is 305 g/mol. The van der Waals surface area contributed by atoms with Crippen molar-refractivity contribution in [3.05, 3.63) is 50.1 Å². The van der Waals surface area contributed by atoms with Crippen LogP contribution in [0.3, 0.4) is 0 Å². The maximum Gasteiger partial charge on any atom is 0.339 e. The van der Waals surface area contributed by atoms with Gasteiger partial charge in [0.25, 0.3) is 0 Å². The van der Waals surface area contributed by atoms with Crippen molar-refractivity contribution < 1.29 is 9.90 Å². The van der Waals surface area contributed by atoms with Gasteiger partial charge in [-0.2, -0.15) is 0 Å². The number of hydrogen-bond donors (Lipinski definition) is 2. The summed E-state index contributed by atoms with van der Waals surface area (Å²) >= 11 is 13.3. The third-order valence-corrected chi connectivity index (χ3v) is 4.15. The van der Waals surface area contributed by atoms with Gasteiger partial charge in [-0.15, -0.1) is 11.3 Å². The first-order valence-corrected chi connectivity index (χ1v) is 7.15. The number of aromatic carboxylic acids is 1. The van der Waals surface area contributed by atoms with Gasteiger partial charge in [0.1, 0.15) is 5.56 Å². The zero-order chi connectivity index (χ0) is 13.8. The molecule has 0 amide bonds. The molecule has 0 aliphatic heterocycles. The molecule has 1 aromatic carbocycles. The summed E-state index contributed by atoms with van der Waals surface area (Å²) in [6, 6.07) is 8.81. The molecule has 2 N–H and O–H groups in total. The molecule has 19 heavy (non-hydrogen) atoms. The molecule has 0 bridgehead atoms. The Hall–Kier alpha value is -1.23. The van der Waals surface area contributed by atoms with Crippen molar-refractivity contribution in [3.63, 3.8) is 0 Å². The van der Waals surface area contributed by atoms with Crippen molar-refractivity contribution in [1.82, 2.24) is 0 Å². The van der Waals surface area contributed by atoms with E-state index in [0.717, 1.165) is 15.6 Å². The van der Waals surface area contributed by atoms with E-state index in [0.29, 0.717) is 12.2 Å². The van der Waals surface area contributed by atoms with E-state index in [1.165, 1.54) is 11.3 Å². The summed E-state index contributed by atoms with van der Waals surface area (Å²) in [7, 11) is 0. The van der Waals surface area contributed by atoms with Crippen LogP contribution in [0.4, 0.5) is 5.69 Å². The van der Waals surface area contributed by atoms with E-state index in [4.69, 9.17) is 28.3 Å². The second kappa shape index (κ2) is 6.28. The normalized spacial score (nSPS) is 10.4. The average molecular weight is 316 g/mol. The fourth-order valence-electron chi connectivity index (χ4n) is 1.70. The van der Waals surface area contributed by atoms with E-state index in [9.17, 15) is 4.79 Å². The molecule has 100 valence electrons. The standard InChI is InChI=1S/C13H11Cl2NO2S/c14-9-2-1-3-10(12(9)13(17)18)16-7-6-8-4-5-11(15)19-8/h1-5,16H,6-7H2,(H,17,18). The topological polar surface area (TPSA) is 49.3 Å². The molecule has 1 heterocycles. The lowest BCUT2D eigenvalue weighted by Crippen LogP contribution is -2.09. The number of thiophene rings is 1. The second-order valence-corrected chi connectivity index (χ2v) is 6.06. The lowest BCUT2D eigenvalue weighted by atomic mass is 10.1. The van der Waals surface area contributed by atoms with Gasteiger partial charge in [-0.25, -0.2) is 4.79 Å². The highest BCUT2D eigenvalue weighted by Crippen LogP contribution is 2.25. The molecule has 0 aliphatic rings. The van der Waals surface area contributed by atoms with Gasteiger partial charge in [-0.05, 0) is 30.7 Å². The Morgan fingerprint density at radius 1 is 1.26 bits per heavy atom. The minimum absolute atomic E-state index is 0.105. The van der Waals surface area contributed by atoms with Crippen LogP contribution in [0.5, 0.6) is 0 Å². The Kier molecular flexibility index (Phi) is 4.69. The van der Waals surface area contributed by atoms with Crippen LogP contribution in [0.15, 0.2) is 30.3 Å². The van der Waals surface area contributed by atoms with Gasteiger partial charge in [0.05, 0.1) is 15.0 Å². The molecule has 0 saturated heterocycles. The number of carbonyl (C=O) groups is 1. The highest BCUT2D eigenvalue weighted by molar-refractivity contribution is 7.16. The predicted molar refractivity (Wildman–Crippen MR) is 79.9 cm³/mol. The minimum Gasteiger partial charge on any atom is -0.478 e. The van der Waals surface area contributed by atoms with Gasteiger partial charge in [-0.1, -0.05) is 29.3 Å². The Balaban J connectivity index is 2.03. The van der Waals surface area contributed by atoms with Crippen LogP contribution < -0.4 is 5.32 Å². The second-order valence-electron chi connectivity index (χ2n) is 3.85. The first kappa shape index (κ1) is 14.2. The number of rotatable bonds is 5. The Morgan fingerprint density at radius 2 is 2.05 bits per heavy atom. The van der Waals surface area contributed by atoms with Gasteiger partial charge in [0.2, 0.25) is 0 Å². The summed E-state index contributed by atoms with van der Waals surface area (Å²) in [5.74, 6) is -1.03. The Labute approximate surface area is 124 Å². The summed E-state index contributed by atoms with van der Waals surface area (Å²) in [4.78, 5) is 12.3. The molecule has 2 aromatic rings. The number of halogens is 2. The van der Waals surface area contributed by atoms with Crippen molar-refractivity contribution in [2.24, 2.45) is 0 Å². The van der Waals surface area contributed by atoms with Crippen LogP contribution in [0.1, 0.15) is 15.2 Å². The fraction of sp³-hybridized carbons (Fsp3) is 0.154. The quantitative estimate of drug-likeness (QED) is 0.859. The van der Waals surface area contributed by atoms with Gasteiger partial charge in [-0.3, -0.25) is 0 Å². The molecule has 3 nitrogen and oxygen atoms in total. The Bertz CT molecular complexity index is 598. The number of carboxylic acids is 1. The van der Waals surface area contributed by atoms with Gasteiger partial charge >= 0.3 is 5.97 Å². The molecule has 0 radical (unpaired) electrons. The van der Waals surface area contributed by atoms with Crippen LogP contribution >= 0.6 is 34.5 Å². The molecule has 1 aromatic heterocycles. The molecule has 0 saturated carbocycles. The molecule has 0 spiro atoms. The molecule has 0 atom stereocenters. The molecule has 0 fully saturated rings. The molecule has 0 unspecified atom stereocenters. The third kappa shape index (κ3) is 3.62. The predicted octanol–water partition coefficient (Wildman–Crippen LogP) is 4.41. The van der Waals surface area contributed by atoms with Crippen LogP contribution in [0.2, 0.25) is 9.36 Å². The van der Waals surface area contributed by atoms with Crippen molar-refractivity contribution in [3.8, 4) is 0 Å². The lowest BCUT2D eigenvalue weighted by molar-refractivity contribution is 0.0698. The molecular formula is C13H11Cl2NO2S. The third-order valence-electron chi connectivity index (χ3n) is 2.54. The summed E-state index contributed by atoms with van der Waals surface area (Å²) in [5, 5.41) is 12.5. The molecule has 0 aliphatic carbocycles. The van der Waals surface area contributed by atoms with E-state index in [1.54, 1.807) is 18.2 Å². The monoisotopic (exact) mass is 315 g/mol. The zero-order valence-corrected chi connectivity index (χ0v) is 12.1. The van der Waals surface area contributed by atoms with Gasteiger partial charge < -0.3 is 10.4 Å². The SMILES string of the molecule is O=C(O)c1c(Cl)cccc1NCCc1ccc(Cl)s1. The fourth-order valence-corrected chi connectivity index (χ4v) is 3.04. The summed E-state index contributed by atoms with van der Waals surface area (Å²) < 4.78 is 0.754. The van der Waals surface area contributed by atoms with Crippen molar-refractivity contribution in [1.29, 1.82) is 0 Å².